The van der Waals surface area contributed by atoms with Crippen molar-refractivity contribution in [3.8, 4) is 11.3 Å². The number of halogens is 1. The summed E-state index contributed by atoms with van der Waals surface area (Å²) in [5.41, 5.74) is 12.1. The highest BCUT2D eigenvalue weighted by Crippen LogP contribution is 2.30. The normalized spacial score (nSPS) is 15.7. The van der Waals surface area contributed by atoms with Crippen LogP contribution in [-0.2, 0) is 6.54 Å². The molecule has 1 saturated carbocycles. The lowest BCUT2D eigenvalue weighted by Gasteiger charge is -2.31. The molecule has 0 spiro atoms. The van der Waals surface area contributed by atoms with E-state index in [1.54, 1.807) is 0 Å². The first kappa shape index (κ1) is 18.3. The van der Waals surface area contributed by atoms with Crippen molar-refractivity contribution in [3.63, 3.8) is 0 Å². The lowest BCUT2D eigenvalue weighted by atomic mass is 9.94. The van der Waals surface area contributed by atoms with Crippen LogP contribution < -0.4 is 5.73 Å². The average molecular weight is 383 g/mol. The Morgan fingerprint density at radius 3 is 2.70 bits per heavy atom. The molecule has 1 aromatic carbocycles. The fourth-order valence-electron chi connectivity index (χ4n) is 4.17. The number of aryl methyl sites for hydroxylation is 1. The first-order valence-corrected chi connectivity index (χ1v) is 10.1. The molecule has 1 fully saturated rings. The molecule has 142 valence electrons. The summed E-state index contributed by atoms with van der Waals surface area (Å²) in [5.74, 6) is 0. The standard InChI is InChI=1S/C22H27ClN4/c1-15-12-16(8-10-19(15)23)22-20(14-26(2)18-6-4-3-5-7-18)27-13-17(24)9-11-21(27)25-22/h8-13,18H,3-7,14,24H2,1-2H3. The fraction of sp³-hybridized carbons (Fsp3) is 0.409. The molecular weight excluding hydrogens is 356 g/mol. The molecule has 0 amide bonds. The zero-order valence-corrected chi connectivity index (χ0v) is 16.8. The van der Waals surface area contributed by atoms with Crippen LogP contribution in [0.3, 0.4) is 0 Å². The van der Waals surface area contributed by atoms with Gasteiger partial charge in [0, 0.05) is 35.1 Å². The molecule has 4 nitrogen and oxygen atoms in total. The Balaban J connectivity index is 1.78. The molecule has 0 atom stereocenters. The molecule has 1 aliphatic rings. The molecule has 0 radical (unpaired) electrons. The van der Waals surface area contributed by atoms with Gasteiger partial charge in [0.15, 0.2) is 0 Å². The molecule has 0 bridgehead atoms. The van der Waals surface area contributed by atoms with Crippen molar-refractivity contribution in [1.82, 2.24) is 14.3 Å². The number of fused-ring (bicyclic) bond motifs is 1. The van der Waals surface area contributed by atoms with E-state index in [9.17, 15) is 0 Å². The third-order valence-electron chi connectivity index (χ3n) is 5.77. The summed E-state index contributed by atoms with van der Waals surface area (Å²) < 4.78 is 2.15. The number of anilines is 1. The summed E-state index contributed by atoms with van der Waals surface area (Å²) in [7, 11) is 2.23. The Morgan fingerprint density at radius 2 is 1.96 bits per heavy atom. The van der Waals surface area contributed by atoms with E-state index in [0.717, 1.165) is 39.7 Å². The first-order valence-electron chi connectivity index (χ1n) is 9.76. The smallest absolute Gasteiger partial charge is 0.137 e. The average Bonchev–Trinajstić information content (AvgIpc) is 3.02. The predicted molar refractivity (Wildman–Crippen MR) is 113 cm³/mol. The van der Waals surface area contributed by atoms with Crippen molar-refractivity contribution in [3.05, 3.63) is 52.8 Å². The highest BCUT2D eigenvalue weighted by Gasteiger charge is 2.22. The number of imidazole rings is 1. The van der Waals surface area contributed by atoms with Crippen LogP contribution >= 0.6 is 11.6 Å². The molecule has 3 aromatic rings. The number of nitrogen functional groups attached to an aromatic ring is 1. The van der Waals surface area contributed by atoms with Crippen LogP contribution in [0.5, 0.6) is 0 Å². The topological polar surface area (TPSA) is 46.6 Å². The SMILES string of the molecule is Cc1cc(-c2nc3ccc(N)cn3c2CN(C)C2CCCCC2)ccc1Cl. The molecule has 1 aliphatic carbocycles. The largest absolute Gasteiger partial charge is 0.398 e. The Morgan fingerprint density at radius 1 is 1.19 bits per heavy atom. The molecular formula is C22H27ClN4. The number of hydrogen-bond acceptors (Lipinski definition) is 3. The fourth-order valence-corrected chi connectivity index (χ4v) is 4.29. The van der Waals surface area contributed by atoms with Crippen molar-refractivity contribution in [1.29, 1.82) is 0 Å². The van der Waals surface area contributed by atoms with Gasteiger partial charge in [-0.15, -0.1) is 0 Å². The summed E-state index contributed by atoms with van der Waals surface area (Å²) in [5, 5.41) is 0.785. The monoisotopic (exact) mass is 382 g/mol. The van der Waals surface area contributed by atoms with Gasteiger partial charge < -0.3 is 10.1 Å². The Kier molecular flexibility index (Phi) is 5.11. The van der Waals surface area contributed by atoms with Crippen molar-refractivity contribution < 1.29 is 0 Å². The van der Waals surface area contributed by atoms with Crippen LogP contribution in [0.4, 0.5) is 5.69 Å². The maximum atomic E-state index is 6.24. The maximum absolute atomic E-state index is 6.24. The number of hydrogen-bond donors (Lipinski definition) is 1. The van der Waals surface area contributed by atoms with Gasteiger partial charge in [-0.05, 0) is 56.6 Å². The Labute approximate surface area is 166 Å². The van der Waals surface area contributed by atoms with E-state index in [2.05, 4.69) is 28.5 Å². The van der Waals surface area contributed by atoms with Crippen LogP contribution in [0.1, 0.15) is 43.4 Å². The number of pyridine rings is 1. The third kappa shape index (κ3) is 3.69. The maximum Gasteiger partial charge on any atom is 0.137 e. The molecule has 27 heavy (non-hydrogen) atoms. The molecule has 5 heteroatoms. The van der Waals surface area contributed by atoms with Crippen molar-refractivity contribution in [2.24, 2.45) is 0 Å². The van der Waals surface area contributed by atoms with Crippen LogP contribution in [0, 0.1) is 6.92 Å². The second kappa shape index (κ2) is 7.53. The molecule has 2 heterocycles. The second-order valence-corrected chi connectivity index (χ2v) is 8.18. The molecule has 2 aromatic heterocycles. The van der Waals surface area contributed by atoms with Crippen LogP contribution in [0.15, 0.2) is 36.5 Å². The van der Waals surface area contributed by atoms with Gasteiger partial charge in [-0.3, -0.25) is 4.90 Å². The lowest BCUT2D eigenvalue weighted by molar-refractivity contribution is 0.182. The van der Waals surface area contributed by atoms with Crippen molar-refractivity contribution >= 4 is 22.9 Å². The highest BCUT2D eigenvalue weighted by molar-refractivity contribution is 6.31. The molecule has 2 N–H and O–H groups in total. The molecule has 0 unspecified atom stereocenters. The van der Waals surface area contributed by atoms with E-state index in [1.807, 2.05) is 31.3 Å². The van der Waals surface area contributed by atoms with Gasteiger partial charge in [-0.25, -0.2) is 4.98 Å². The van der Waals surface area contributed by atoms with Crippen molar-refractivity contribution in [2.45, 2.75) is 51.6 Å². The van der Waals surface area contributed by atoms with Crippen LogP contribution in [0.2, 0.25) is 5.02 Å². The van der Waals surface area contributed by atoms with E-state index < -0.39 is 0 Å². The zero-order chi connectivity index (χ0) is 19.0. The van der Waals surface area contributed by atoms with E-state index in [4.69, 9.17) is 22.3 Å². The number of nitrogens with two attached hydrogens (primary N) is 1. The molecule has 0 saturated heterocycles. The zero-order valence-electron chi connectivity index (χ0n) is 16.1. The van der Waals surface area contributed by atoms with Gasteiger partial charge in [0.1, 0.15) is 5.65 Å². The molecule has 0 aliphatic heterocycles. The minimum Gasteiger partial charge on any atom is -0.398 e. The molecule has 4 rings (SSSR count). The number of nitrogens with zero attached hydrogens (tertiary/aromatic N) is 3. The number of benzene rings is 1. The van der Waals surface area contributed by atoms with Gasteiger partial charge in [0.25, 0.3) is 0 Å². The van der Waals surface area contributed by atoms with Gasteiger partial charge in [0.05, 0.1) is 11.4 Å². The van der Waals surface area contributed by atoms with Gasteiger partial charge >= 0.3 is 0 Å². The Bertz CT molecular complexity index is 956. The number of aromatic nitrogens is 2. The van der Waals surface area contributed by atoms with Gasteiger partial charge in [0.2, 0.25) is 0 Å². The summed E-state index contributed by atoms with van der Waals surface area (Å²) >= 11 is 6.24. The third-order valence-corrected chi connectivity index (χ3v) is 6.19. The highest BCUT2D eigenvalue weighted by atomic mass is 35.5. The minimum absolute atomic E-state index is 0.644. The van der Waals surface area contributed by atoms with E-state index >= 15 is 0 Å². The minimum atomic E-state index is 0.644. The number of rotatable bonds is 4. The second-order valence-electron chi connectivity index (χ2n) is 7.77. The summed E-state index contributed by atoms with van der Waals surface area (Å²) in [6.45, 7) is 2.89. The first-order chi connectivity index (χ1) is 13.0. The predicted octanol–water partition coefficient (Wildman–Crippen LogP) is 5.31. The van der Waals surface area contributed by atoms with Gasteiger partial charge in [-0.2, -0.15) is 0 Å². The summed E-state index contributed by atoms with van der Waals surface area (Å²) in [4.78, 5) is 7.41. The Hall–Kier alpha value is -2.04. The lowest BCUT2D eigenvalue weighted by Crippen LogP contribution is -2.33. The van der Waals surface area contributed by atoms with E-state index in [0.29, 0.717) is 6.04 Å². The van der Waals surface area contributed by atoms with E-state index in [-0.39, 0.29) is 0 Å². The summed E-state index contributed by atoms with van der Waals surface area (Å²) in [6, 6.07) is 10.7. The van der Waals surface area contributed by atoms with Crippen molar-refractivity contribution in [2.75, 3.05) is 12.8 Å². The van der Waals surface area contributed by atoms with Gasteiger partial charge in [-0.1, -0.05) is 36.9 Å². The van der Waals surface area contributed by atoms with Crippen LogP contribution in [-0.4, -0.2) is 27.4 Å². The van der Waals surface area contributed by atoms with E-state index in [1.165, 1.54) is 37.8 Å². The quantitative estimate of drug-likeness (QED) is 0.665. The summed E-state index contributed by atoms with van der Waals surface area (Å²) in [6.07, 6.45) is 8.58. The van der Waals surface area contributed by atoms with Crippen LogP contribution in [0.25, 0.3) is 16.9 Å².